The number of nitrogens with zero attached hydrogens (tertiary/aromatic N) is 5. The lowest BCUT2D eigenvalue weighted by molar-refractivity contribution is 0.413. The number of methoxy groups -OCH3 is 1. The van der Waals surface area contributed by atoms with Crippen molar-refractivity contribution in [3.63, 3.8) is 0 Å². The molecule has 0 N–H and O–H groups in total. The number of hydrogen-bond donors (Lipinski definition) is 0. The molecule has 0 aliphatic heterocycles. The molecule has 0 radical (unpaired) electrons. The van der Waals surface area contributed by atoms with Crippen molar-refractivity contribution >= 4 is 0 Å². The van der Waals surface area contributed by atoms with Crippen molar-refractivity contribution < 1.29 is 9.26 Å². The summed E-state index contributed by atoms with van der Waals surface area (Å²) in [4.78, 5) is 4.40. The van der Waals surface area contributed by atoms with E-state index in [2.05, 4.69) is 20.5 Å². The summed E-state index contributed by atoms with van der Waals surface area (Å²) in [5, 5.41) is 12.2. The minimum atomic E-state index is 0.400. The number of rotatable bonds is 5. The van der Waals surface area contributed by atoms with E-state index in [1.165, 1.54) is 0 Å². The van der Waals surface area contributed by atoms with Crippen LogP contribution in [0.5, 0.6) is 5.75 Å². The Balaban J connectivity index is 1.56. The van der Waals surface area contributed by atoms with E-state index in [9.17, 15) is 0 Å². The topological polar surface area (TPSA) is 78.9 Å². The van der Waals surface area contributed by atoms with Gasteiger partial charge in [0.25, 0.3) is 5.89 Å². The lowest BCUT2D eigenvalue weighted by atomic mass is 10.2. The van der Waals surface area contributed by atoms with Gasteiger partial charge >= 0.3 is 0 Å². The molecule has 0 aliphatic rings. The quantitative estimate of drug-likeness (QED) is 0.558. The summed E-state index contributed by atoms with van der Waals surface area (Å²) in [7, 11) is 1.61. The Morgan fingerprint density at radius 3 is 2.80 bits per heavy atom. The molecule has 7 nitrogen and oxygen atoms in total. The number of ether oxygens (including phenoxy) is 1. The molecule has 2 aromatic carbocycles. The van der Waals surface area contributed by atoms with Gasteiger partial charge in [0.1, 0.15) is 5.75 Å². The number of hydrogen-bond acceptors (Lipinski definition) is 6. The Hall–Kier alpha value is -3.48. The predicted molar refractivity (Wildman–Crippen MR) is 90.8 cm³/mol. The van der Waals surface area contributed by atoms with Crippen LogP contribution in [0.15, 0.2) is 65.3 Å². The maximum atomic E-state index is 5.34. The monoisotopic (exact) mass is 333 g/mol. The van der Waals surface area contributed by atoms with Crippen LogP contribution in [0.3, 0.4) is 0 Å². The van der Waals surface area contributed by atoms with Crippen LogP contribution in [-0.4, -0.2) is 32.2 Å². The van der Waals surface area contributed by atoms with Gasteiger partial charge in [-0.05, 0) is 23.8 Å². The van der Waals surface area contributed by atoms with Gasteiger partial charge < -0.3 is 9.26 Å². The third-order valence-corrected chi connectivity index (χ3v) is 3.70. The van der Waals surface area contributed by atoms with Crippen molar-refractivity contribution in [1.82, 2.24) is 25.1 Å². The van der Waals surface area contributed by atoms with Crippen LogP contribution in [0.2, 0.25) is 0 Å². The fourth-order valence-electron chi connectivity index (χ4n) is 2.45. The van der Waals surface area contributed by atoms with E-state index < -0.39 is 0 Å². The molecule has 4 aromatic rings. The fourth-order valence-corrected chi connectivity index (χ4v) is 2.45. The second-order valence-electron chi connectivity index (χ2n) is 5.44. The molecule has 0 saturated carbocycles. The van der Waals surface area contributed by atoms with Crippen LogP contribution in [0.1, 0.15) is 5.56 Å². The summed E-state index contributed by atoms with van der Waals surface area (Å²) < 4.78 is 12.3. The Kier molecular flexibility index (Phi) is 3.96. The first kappa shape index (κ1) is 15.1. The Bertz CT molecular complexity index is 978. The third-order valence-electron chi connectivity index (χ3n) is 3.70. The lowest BCUT2D eigenvalue weighted by Crippen LogP contribution is -1.99. The molecule has 25 heavy (non-hydrogen) atoms. The summed E-state index contributed by atoms with van der Waals surface area (Å²) in [5.74, 6) is 1.54. The summed E-state index contributed by atoms with van der Waals surface area (Å²) >= 11 is 0. The van der Waals surface area contributed by atoms with Crippen molar-refractivity contribution in [1.29, 1.82) is 0 Å². The number of aromatic nitrogens is 5. The highest BCUT2D eigenvalue weighted by Crippen LogP contribution is 2.24. The molecule has 7 heteroatoms. The Morgan fingerprint density at radius 2 is 1.96 bits per heavy atom. The first-order valence-corrected chi connectivity index (χ1v) is 7.74. The minimum absolute atomic E-state index is 0.400. The van der Waals surface area contributed by atoms with Crippen molar-refractivity contribution in [2.24, 2.45) is 0 Å². The molecule has 0 fully saturated rings. The second-order valence-corrected chi connectivity index (χ2v) is 5.44. The van der Waals surface area contributed by atoms with E-state index in [-0.39, 0.29) is 0 Å². The standard InChI is InChI=1S/C18H15N5O2/c1-24-15-9-5-8-14(10-15)18-19-17(21-25-18)16-12-23(22-20-16)11-13-6-3-2-4-7-13/h2-10,12H,11H2,1H3. The van der Waals surface area contributed by atoms with Crippen LogP contribution < -0.4 is 4.74 Å². The zero-order valence-corrected chi connectivity index (χ0v) is 13.5. The van der Waals surface area contributed by atoms with Gasteiger partial charge in [0, 0.05) is 5.56 Å². The van der Waals surface area contributed by atoms with E-state index >= 15 is 0 Å². The second kappa shape index (κ2) is 6.56. The van der Waals surface area contributed by atoms with E-state index in [4.69, 9.17) is 9.26 Å². The van der Waals surface area contributed by atoms with Gasteiger partial charge in [-0.2, -0.15) is 4.98 Å². The molecule has 0 saturated heterocycles. The van der Waals surface area contributed by atoms with Crippen LogP contribution in [0.4, 0.5) is 0 Å². The molecule has 0 aliphatic carbocycles. The minimum Gasteiger partial charge on any atom is -0.497 e. The van der Waals surface area contributed by atoms with Crippen molar-refractivity contribution in [3.05, 3.63) is 66.4 Å². The van der Waals surface area contributed by atoms with Crippen LogP contribution >= 0.6 is 0 Å². The fraction of sp³-hybridized carbons (Fsp3) is 0.111. The maximum Gasteiger partial charge on any atom is 0.258 e. The molecule has 0 bridgehead atoms. The molecular formula is C18H15N5O2. The highest BCUT2D eigenvalue weighted by Gasteiger charge is 2.14. The van der Waals surface area contributed by atoms with Gasteiger partial charge in [-0.1, -0.05) is 46.8 Å². The molecule has 0 unspecified atom stereocenters. The number of benzene rings is 2. The normalized spacial score (nSPS) is 10.8. The molecule has 2 heterocycles. The van der Waals surface area contributed by atoms with E-state index in [0.29, 0.717) is 24.0 Å². The smallest absolute Gasteiger partial charge is 0.258 e. The van der Waals surface area contributed by atoms with Gasteiger partial charge in [0.15, 0.2) is 5.69 Å². The van der Waals surface area contributed by atoms with E-state index in [0.717, 1.165) is 16.9 Å². The first-order chi connectivity index (χ1) is 12.3. The summed E-state index contributed by atoms with van der Waals surface area (Å²) in [6.07, 6.45) is 1.80. The van der Waals surface area contributed by atoms with Gasteiger partial charge in [-0.15, -0.1) is 5.10 Å². The van der Waals surface area contributed by atoms with Crippen LogP contribution in [0.25, 0.3) is 23.0 Å². The summed E-state index contributed by atoms with van der Waals surface area (Å²) in [6, 6.07) is 17.5. The van der Waals surface area contributed by atoms with Crippen molar-refractivity contribution in [2.75, 3.05) is 7.11 Å². The highest BCUT2D eigenvalue weighted by atomic mass is 16.5. The predicted octanol–water partition coefficient (Wildman–Crippen LogP) is 3.05. The average molecular weight is 333 g/mol. The average Bonchev–Trinajstić information content (AvgIpc) is 3.32. The van der Waals surface area contributed by atoms with E-state index in [1.54, 1.807) is 18.0 Å². The third kappa shape index (κ3) is 3.25. The molecule has 2 aromatic heterocycles. The molecular weight excluding hydrogens is 318 g/mol. The first-order valence-electron chi connectivity index (χ1n) is 7.74. The molecule has 4 rings (SSSR count). The van der Waals surface area contributed by atoms with Crippen LogP contribution in [0, 0.1) is 0 Å². The summed E-state index contributed by atoms with van der Waals surface area (Å²) in [5.41, 5.74) is 2.49. The largest absolute Gasteiger partial charge is 0.497 e. The Labute approximate surface area is 143 Å². The van der Waals surface area contributed by atoms with Crippen molar-refractivity contribution in [2.45, 2.75) is 6.54 Å². The summed E-state index contributed by atoms with van der Waals surface area (Å²) in [6.45, 7) is 0.633. The Morgan fingerprint density at radius 1 is 1.08 bits per heavy atom. The lowest BCUT2D eigenvalue weighted by Gasteiger charge is -1.99. The zero-order valence-electron chi connectivity index (χ0n) is 13.5. The molecule has 0 atom stereocenters. The van der Waals surface area contributed by atoms with Gasteiger partial charge in [-0.25, -0.2) is 4.68 Å². The molecule has 124 valence electrons. The van der Waals surface area contributed by atoms with E-state index in [1.807, 2.05) is 54.6 Å². The van der Waals surface area contributed by atoms with Gasteiger partial charge in [0.05, 0.1) is 19.9 Å². The van der Waals surface area contributed by atoms with Gasteiger partial charge in [0.2, 0.25) is 5.82 Å². The maximum absolute atomic E-state index is 5.34. The van der Waals surface area contributed by atoms with Crippen molar-refractivity contribution in [3.8, 4) is 28.7 Å². The zero-order chi connectivity index (χ0) is 17.1. The molecule has 0 amide bonds. The highest BCUT2D eigenvalue weighted by molar-refractivity contribution is 5.58. The van der Waals surface area contributed by atoms with Crippen LogP contribution in [-0.2, 0) is 6.54 Å². The van der Waals surface area contributed by atoms with Gasteiger partial charge in [-0.3, -0.25) is 0 Å². The SMILES string of the molecule is COc1cccc(-c2nc(-c3cn(Cc4ccccc4)nn3)no2)c1. The molecule has 0 spiro atoms.